The van der Waals surface area contributed by atoms with Crippen LogP contribution in [0.1, 0.15) is 391 Å². The average molecular weight is 1150 g/mol. The first-order chi connectivity index (χ1) is 39.0. The number of aryl methyl sites for hydroxylation is 2. The zero-order chi connectivity index (χ0) is 57.2. The molecule has 0 radical (unpaired) electrons. The summed E-state index contributed by atoms with van der Waals surface area (Å²) in [5.41, 5.74) is 20.1. The van der Waals surface area contributed by atoms with Crippen molar-refractivity contribution in [3.8, 4) is 0 Å². The molecular formula is C77H136N2Ni. The summed E-state index contributed by atoms with van der Waals surface area (Å²) < 4.78 is 1.52. The minimum atomic E-state index is 0. The molecule has 3 rings (SSSR count). The summed E-state index contributed by atoms with van der Waals surface area (Å²) in [4.78, 5) is 0. The Balaban J connectivity index is 0.00000250. The Morgan fingerprint density at radius 1 is 0.312 bits per heavy atom. The average Bonchev–Trinajstić information content (AvgIpc) is 3.86. The summed E-state index contributed by atoms with van der Waals surface area (Å²) in [5.74, 6) is 0. The van der Waals surface area contributed by atoms with Crippen molar-refractivity contribution in [2.75, 3.05) is 0 Å². The predicted octanol–water partition coefficient (Wildman–Crippen LogP) is 27.6. The summed E-state index contributed by atoms with van der Waals surface area (Å²) in [5, 5.41) is 0. The van der Waals surface area contributed by atoms with E-state index in [1.807, 2.05) is 0 Å². The summed E-state index contributed by atoms with van der Waals surface area (Å²) in [6.45, 7) is 19.0. The maximum absolute atomic E-state index is 11.8. The quantitative estimate of drug-likeness (QED) is 0.0273. The van der Waals surface area contributed by atoms with Gasteiger partial charge in [-0.2, -0.15) is 12.8 Å². The Kier molecular flexibility index (Phi) is 60.0. The summed E-state index contributed by atoms with van der Waals surface area (Å²) >= 11 is 0. The minimum absolute atomic E-state index is 0. The molecule has 1 aliphatic heterocycles. The Labute approximate surface area is 512 Å². The van der Waals surface area contributed by atoms with Gasteiger partial charge in [-0.25, -0.2) is 4.70 Å². The van der Waals surface area contributed by atoms with E-state index in [9.17, 15) is 5.53 Å². The molecule has 3 heteroatoms. The first-order valence-electron chi connectivity index (χ1n) is 35.7. The molecule has 0 atom stereocenters. The number of benzene rings is 2. The molecule has 0 spiro atoms. The second kappa shape index (κ2) is 61.6. The van der Waals surface area contributed by atoms with Gasteiger partial charge in [0.1, 0.15) is 0 Å². The maximum atomic E-state index is 11.8. The smallest absolute Gasteiger partial charge is 0.493 e. The molecule has 80 heavy (non-hydrogen) atoms. The summed E-state index contributed by atoms with van der Waals surface area (Å²) in [6, 6.07) is 17.9. The third-order valence-corrected chi connectivity index (χ3v) is 16.9. The molecule has 0 N–H and O–H groups in total. The van der Waals surface area contributed by atoms with Crippen molar-refractivity contribution in [3.63, 3.8) is 0 Å². The van der Waals surface area contributed by atoms with Gasteiger partial charge in [0.15, 0.2) is 0 Å². The first-order valence-corrected chi connectivity index (χ1v) is 35.7. The Morgan fingerprint density at radius 2 is 0.562 bits per heavy atom. The van der Waals surface area contributed by atoms with Crippen LogP contribution in [-0.2, 0) is 29.3 Å². The van der Waals surface area contributed by atoms with Crippen molar-refractivity contribution < 1.29 is 21.2 Å². The van der Waals surface area contributed by atoms with Crippen LogP contribution in [0.3, 0.4) is 0 Å². The van der Waals surface area contributed by atoms with E-state index in [-0.39, 0.29) is 16.5 Å². The van der Waals surface area contributed by atoms with Crippen LogP contribution in [0.15, 0.2) is 60.2 Å². The monoisotopic (exact) mass is 1150 g/mol. The second-order valence-electron chi connectivity index (χ2n) is 24.6. The van der Waals surface area contributed by atoms with Gasteiger partial charge < -0.3 is 19.4 Å². The second-order valence-corrected chi connectivity index (χ2v) is 24.6. The fourth-order valence-corrected chi connectivity index (χ4v) is 11.6. The molecule has 0 saturated carbocycles. The van der Waals surface area contributed by atoms with Crippen molar-refractivity contribution in [1.82, 2.24) is 0 Å². The Bertz CT molecular complexity index is 1640. The third-order valence-electron chi connectivity index (χ3n) is 16.9. The third kappa shape index (κ3) is 45.4. The topological polar surface area (TPSA) is 25.3 Å². The van der Waals surface area contributed by atoms with Gasteiger partial charge in [0.25, 0.3) is 0 Å². The van der Waals surface area contributed by atoms with Gasteiger partial charge in [-0.15, -0.1) is 0 Å². The number of allylic oxidation sites excluding steroid dienone is 2. The van der Waals surface area contributed by atoms with Crippen LogP contribution in [0, 0.1) is 13.8 Å². The van der Waals surface area contributed by atoms with E-state index in [4.69, 9.17) is 0 Å². The van der Waals surface area contributed by atoms with Crippen molar-refractivity contribution in [3.05, 3.63) is 102 Å². The van der Waals surface area contributed by atoms with Crippen molar-refractivity contribution in [2.45, 2.75) is 381 Å². The van der Waals surface area contributed by atoms with Gasteiger partial charge in [-0.05, 0) is 73.9 Å². The standard InChI is InChI=1S/C57H94N2.2C10H21.Ni/c1-4-7-10-13-14-15-16-17-18-19-20-21-22-23-24-25-26-27-28-29-30-31-32-33-34-35-38-45-55-50-56(53-46-39-43-51(48-53)41-36-11-8-5-2)59(58)57(55)54-47-40-44-52(49-54)42-37-12-9-6-3;2*1-3-5-7-9-10-8-6-4-2;/h39-40,43-44,46-50H,4-38,41-42,45H2,1-3H3;2*1,3-10H2,2H3;/q;2*-1;+2. The Hall–Kier alpha value is -1.99. The van der Waals surface area contributed by atoms with E-state index in [1.54, 1.807) is 0 Å². The van der Waals surface area contributed by atoms with E-state index in [2.05, 4.69) is 103 Å². The van der Waals surface area contributed by atoms with E-state index >= 15 is 0 Å². The van der Waals surface area contributed by atoms with E-state index in [0.29, 0.717) is 0 Å². The molecule has 0 aromatic heterocycles. The maximum Gasteiger partial charge on any atom is 2.00 e. The number of rotatable bonds is 54. The van der Waals surface area contributed by atoms with Gasteiger partial charge in [-0.3, -0.25) is 0 Å². The SMILES string of the molecule is CCCCCCCCCCCCCCCCCCCCCCCCCCCCCC1=C(c2cccc(CCCCCC)c2)[N+](=[N-])C(c2cccc(CCCCCC)c2)=C1.[CH2-]CCCCCCCCC.[CH2-]CCCCCCCCC.[Ni+2]. The number of hydrogen-bond acceptors (Lipinski definition) is 0. The molecular weight excluding hydrogens is 1010 g/mol. The van der Waals surface area contributed by atoms with Crippen LogP contribution < -0.4 is 0 Å². The van der Waals surface area contributed by atoms with Gasteiger partial charge in [0.05, 0.1) is 0 Å². The minimum Gasteiger partial charge on any atom is -0.493 e. The Morgan fingerprint density at radius 3 is 0.875 bits per heavy atom. The predicted molar refractivity (Wildman–Crippen MR) is 358 cm³/mol. The van der Waals surface area contributed by atoms with Gasteiger partial charge >= 0.3 is 16.5 Å². The van der Waals surface area contributed by atoms with Gasteiger partial charge in [0.2, 0.25) is 11.4 Å². The molecule has 464 valence electrons. The molecule has 1 heterocycles. The van der Waals surface area contributed by atoms with Crippen LogP contribution in [0.25, 0.3) is 16.9 Å². The molecule has 0 fully saturated rings. The molecule has 0 amide bonds. The van der Waals surface area contributed by atoms with E-state index < -0.39 is 0 Å². The zero-order valence-electron chi connectivity index (χ0n) is 54.5. The van der Waals surface area contributed by atoms with Crippen molar-refractivity contribution >= 4 is 11.4 Å². The first kappa shape index (κ1) is 78.0. The molecule has 2 nitrogen and oxygen atoms in total. The van der Waals surface area contributed by atoms with E-state index in [0.717, 1.165) is 54.6 Å². The fourth-order valence-electron chi connectivity index (χ4n) is 11.6. The van der Waals surface area contributed by atoms with Crippen LogP contribution in [0.4, 0.5) is 0 Å². The molecule has 0 unspecified atom stereocenters. The normalized spacial score (nSPS) is 12.1. The fraction of sp³-hybridized carbons (Fsp3) is 0.766. The molecule has 1 aliphatic rings. The summed E-state index contributed by atoms with van der Waals surface area (Å²) in [7, 11) is 0. The summed E-state index contributed by atoms with van der Waals surface area (Å²) in [6.07, 6.45) is 76.1. The van der Waals surface area contributed by atoms with Crippen LogP contribution in [0.5, 0.6) is 0 Å². The molecule has 0 saturated heterocycles. The van der Waals surface area contributed by atoms with E-state index in [1.165, 1.54) is 336 Å². The molecule has 0 aliphatic carbocycles. The van der Waals surface area contributed by atoms with Crippen molar-refractivity contribution in [1.29, 1.82) is 0 Å². The number of unbranched alkanes of at least 4 members (excludes halogenated alkanes) is 46. The molecule has 2 aromatic carbocycles. The molecule has 2 aromatic rings. The largest absolute Gasteiger partial charge is 2.00 e. The van der Waals surface area contributed by atoms with Crippen LogP contribution >= 0.6 is 0 Å². The van der Waals surface area contributed by atoms with Gasteiger partial charge in [-0.1, -0.05) is 354 Å². The number of nitrogens with zero attached hydrogens (tertiary/aromatic N) is 2. The molecule has 0 bridgehead atoms. The van der Waals surface area contributed by atoms with Crippen LogP contribution in [-0.4, -0.2) is 4.70 Å². The van der Waals surface area contributed by atoms with Gasteiger partial charge in [0, 0.05) is 22.8 Å². The number of hydrogen-bond donors (Lipinski definition) is 0. The van der Waals surface area contributed by atoms with Crippen LogP contribution in [0.2, 0.25) is 0 Å². The van der Waals surface area contributed by atoms with Crippen molar-refractivity contribution in [2.24, 2.45) is 0 Å². The zero-order valence-corrected chi connectivity index (χ0v) is 55.5.